The van der Waals surface area contributed by atoms with Crippen molar-refractivity contribution in [1.82, 2.24) is 4.90 Å². The number of amides is 1. The molecule has 1 aliphatic rings. The summed E-state index contributed by atoms with van der Waals surface area (Å²) in [4.78, 5) is 17.3. The zero-order chi connectivity index (χ0) is 16.4. The van der Waals surface area contributed by atoms with Gasteiger partial charge in [0, 0.05) is 12.7 Å². The predicted octanol–water partition coefficient (Wildman–Crippen LogP) is 3.71. The van der Waals surface area contributed by atoms with Crippen LogP contribution in [0.3, 0.4) is 0 Å². The molecule has 1 heterocycles. The van der Waals surface area contributed by atoms with Crippen LogP contribution < -0.4 is 4.90 Å². The highest BCUT2D eigenvalue weighted by molar-refractivity contribution is 6.10. The summed E-state index contributed by atoms with van der Waals surface area (Å²) in [6, 6.07) is 18.4. The fraction of sp³-hybridized carbons (Fsp3) is 0.350. The highest BCUT2D eigenvalue weighted by Crippen LogP contribution is 2.48. The smallest absolute Gasteiger partial charge is 0.241 e. The molecule has 4 heteroatoms. The first-order valence-electron chi connectivity index (χ1n) is 8.15. The molecule has 3 nitrogen and oxygen atoms in total. The van der Waals surface area contributed by atoms with E-state index in [1.54, 1.807) is 0 Å². The molecule has 0 N–H and O–H groups in total. The van der Waals surface area contributed by atoms with Gasteiger partial charge in [-0.1, -0.05) is 48.5 Å². The third-order valence-corrected chi connectivity index (χ3v) is 4.82. The van der Waals surface area contributed by atoms with Crippen LogP contribution in [0.4, 0.5) is 5.69 Å². The second kappa shape index (κ2) is 7.37. The van der Waals surface area contributed by atoms with Crippen molar-refractivity contribution in [2.45, 2.75) is 18.3 Å². The number of carbonyl (C=O) groups is 1. The second-order valence-corrected chi connectivity index (χ2v) is 6.56. The van der Waals surface area contributed by atoms with Gasteiger partial charge in [0.05, 0.1) is 0 Å². The average molecular weight is 345 g/mol. The normalized spacial score (nSPS) is 19.3. The number of likely N-dealkylation sites (N-methyl/N-ethyl adjacent to an activating group) is 1. The Labute approximate surface area is 150 Å². The molecular formula is C20H25ClN2O. The van der Waals surface area contributed by atoms with Gasteiger partial charge in [0.15, 0.2) is 0 Å². The summed E-state index contributed by atoms with van der Waals surface area (Å²) in [5.41, 5.74) is 2.71. The highest BCUT2D eigenvalue weighted by Gasteiger charge is 2.50. The van der Waals surface area contributed by atoms with E-state index >= 15 is 0 Å². The molecule has 0 aliphatic carbocycles. The van der Waals surface area contributed by atoms with Crippen LogP contribution in [0.2, 0.25) is 0 Å². The molecule has 1 unspecified atom stereocenters. The van der Waals surface area contributed by atoms with Gasteiger partial charge in [0.2, 0.25) is 5.91 Å². The molecule has 3 rings (SSSR count). The number of carbonyl (C=O) groups excluding carboxylic acids is 1. The van der Waals surface area contributed by atoms with Crippen LogP contribution in [0.5, 0.6) is 0 Å². The Hall–Kier alpha value is -1.84. The van der Waals surface area contributed by atoms with Gasteiger partial charge in [-0.2, -0.15) is 0 Å². The number of benzene rings is 2. The van der Waals surface area contributed by atoms with Crippen LogP contribution in [0.15, 0.2) is 54.6 Å². The fourth-order valence-electron chi connectivity index (χ4n) is 3.69. The maximum atomic E-state index is 13.3. The Morgan fingerprint density at radius 3 is 2.29 bits per heavy atom. The van der Waals surface area contributed by atoms with Crippen molar-refractivity contribution in [3.63, 3.8) is 0 Å². The van der Waals surface area contributed by atoms with Crippen molar-refractivity contribution in [1.29, 1.82) is 0 Å². The quantitative estimate of drug-likeness (QED) is 0.825. The minimum atomic E-state index is -0.553. The van der Waals surface area contributed by atoms with Gasteiger partial charge in [0.25, 0.3) is 0 Å². The van der Waals surface area contributed by atoms with E-state index in [0.717, 1.165) is 36.2 Å². The van der Waals surface area contributed by atoms with Gasteiger partial charge in [-0.05, 0) is 50.7 Å². The SMILES string of the molecule is CN(C)CCCC1(c2ccccc2)C(=O)N(C)c2ccccc21.Cl. The van der Waals surface area contributed by atoms with Crippen LogP contribution in [0.1, 0.15) is 24.0 Å². The number of nitrogens with zero attached hydrogens (tertiary/aromatic N) is 2. The van der Waals surface area contributed by atoms with Gasteiger partial charge in [-0.15, -0.1) is 12.4 Å². The van der Waals surface area contributed by atoms with Crippen molar-refractivity contribution in [3.05, 3.63) is 65.7 Å². The van der Waals surface area contributed by atoms with Crippen LogP contribution in [-0.4, -0.2) is 38.5 Å². The van der Waals surface area contributed by atoms with E-state index in [2.05, 4.69) is 37.2 Å². The lowest BCUT2D eigenvalue weighted by Crippen LogP contribution is -2.40. The molecule has 2 aromatic carbocycles. The summed E-state index contributed by atoms with van der Waals surface area (Å²) in [6.45, 7) is 0.980. The molecule has 0 radical (unpaired) electrons. The maximum Gasteiger partial charge on any atom is 0.241 e. The van der Waals surface area contributed by atoms with Crippen LogP contribution in [-0.2, 0) is 10.2 Å². The van der Waals surface area contributed by atoms with Gasteiger partial charge < -0.3 is 9.80 Å². The van der Waals surface area contributed by atoms with E-state index in [9.17, 15) is 4.79 Å². The first kappa shape index (κ1) is 18.5. The van der Waals surface area contributed by atoms with E-state index in [4.69, 9.17) is 0 Å². The lowest BCUT2D eigenvalue weighted by molar-refractivity contribution is -0.121. The van der Waals surface area contributed by atoms with E-state index in [0.29, 0.717) is 0 Å². The minimum absolute atomic E-state index is 0. The van der Waals surface area contributed by atoms with Crippen molar-refractivity contribution in [3.8, 4) is 0 Å². The van der Waals surface area contributed by atoms with Gasteiger partial charge >= 0.3 is 0 Å². The van der Waals surface area contributed by atoms with E-state index in [1.165, 1.54) is 0 Å². The van der Waals surface area contributed by atoms with Gasteiger partial charge in [0.1, 0.15) is 5.41 Å². The molecule has 24 heavy (non-hydrogen) atoms. The number of para-hydroxylation sites is 1. The lowest BCUT2D eigenvalue weighted by Gasteiger charge is -2.29. The zero-order valence-electron chi connectivity index (χ0n) is 14.5. The summed E-state index contributed by atoms with van der Waals surface area (Å²) in [6.07, 6.45) is 1.81. The molecule has 0 fully saturated rings. The Balaban J connectivity index is 0.00000208. The first-order valence-corrected chi connectivity index (χ1v) is 8.15. The zero-order valence-corrected chi connectivity index (χ0v) is 15.3. The van der Waals surface area contributed by atoms with E-state index in [-0.39, 0.29) is 18.3 Å². The van der Waals surface area contributed by atoms with Gasteiger partial charge in [-0.3, -0.25) is 4.79 Å². The standard InChI is InChI=1S/C20H24N2O.ClH/c1-21(2)15-9-14-20(16-10-5-4-6-11-16)17-12-7-8-13-18(17)22(3)19(20)23;/h4-8,10-13H,9,14-15H2,1-3H3;1H. The Morgan fingerprint density at radius 2 is 1.62 bits per heavy atom. The fourth-order valence-corrected chi connectivity index (χ4v) is 3.69. The summed E-state index contributed by atoms with van der Waals surface area (Å²) in [5, 5.41) is 0. The molecule has 2 aromatic rings. The van der Waals surface area contributed by atoms with E-state index < -0.39 is 5.41 Å². The molecular weight excluding hydrogens is 320 g/mol. The first-order chi connectivity index (χ1) is 11.1. The van der Waals surface area contributed by atoms with Crippen LogP contribution in [0, 0.1) is 0 Å². The largest absolute Gasteiger partial charge is 0.314 e. The van der Waals surface area contributed by atoms with Crippen LogP contribution in [0.25, 0.3) is 0 Å². The average Bonchev–Trinajstić information content (AvgIpc) is 2.78. The Morgan fingerprint density at radius 1 is 1.00 bits per heavy atom. The minimum Gasteiger partial charge on any atom is -0.314 e. The van der Waals surface area contributed by atoms with Crippen molar-refractivity contribution < 1.29 is 4.79 Å². The highest BCUT2D eigenvalue weighted by atomic mass is 35.5. The topological polar surface area (TPSA) is 23.6 Å². The Kier molecular flexibility index (Phi) is 5.68. The third-order valence-electron chi connectivity index (χ3n) is 4.82. The third kappa shape index (κ3) is 2.94. The molecule has 1 amide bonds. The molecule has 0 saturated heterocycles. The van der Waals surface area contributed by atoms with Crippen molar-refractivity contribution in [2.75, 3.05) is 32.6 Å². The number of hydrogen-bond acceptors (Lipinski definition) is 2. The number of fused-ring (bicyclic) bond motifs is 1. The van der Waals surface area contributed by atoms with Crippen LogP contribution >= 0.6 is 12.4 Å². The summed E-state index contributed by atoms with van der Waals surface area (Å²) < 4.78 is 0. The van der Waals surface area contributed by atoms with E-state index in [1.807, 2.05) is 48.3 Å². The Bertz CT molecular complexity index is 702. The predicted molar refractivity (Wildman–Crippen MR) is 102 cm³/mol. The number of anilines is 1. The summed E-state index contributed by atoms with van der Waals surface area (Å²) in [7, 11) is 6.04. The van der Waals surface area contributed by atoms with Gasteiger partial charge in [-0.25, -0.2) is 0 Å². The molecule has 0 aromatic heterocycles. The maximum absolute atomic E-state index is 13.3. The van der Waals surface area contributed by atoms with Crippen molar-refractivity contribution >= 4 is 24.0 Å². The summed E-state index contributed by atoms with van der Waals surface area (Å²) >= 11 is 0. The second-order valence-electron chi connectivity index (χ2n) is 6.56. The molecule has 0 bridgehead atoms. The molecule has 0 saturated carbocycles. The molecule has 128 valence electrons. The summed E-state index contributed by atoms with van der Waals surface area (Å²) in [5.74, 6) is 0.184. The number of hydrogen-bond donors (Lipinski definition) is 0. The van der Waals surface area contributed by atoms with Crippen molar-refractivity contribution in [2.24, 2.45) is 0 Å². The lowest BCUT2D eigenvalue weighted by atomic mass is 9.72. The molecule has 1 atom stereocenters. The monoisotopic (exact) mass is 344 g/mol. The molecule has 1 aliphatic heterocycles. The number of halogens is 1. The number of rotatable bonds is 5. The molecule has 0 spiro atoms.